The van der Waals surface area contributed by atoms with Gasteiger partial charge in [-0.1, -0.05) is 0 Å². The second-order valence-electron chi connectivity index (χ2n) is 3.92. The standard InChI is InChI=1S/C12H18N2O6S/c1-5-20-12(15)13-14-21(16,17)11-7-10(19-4)9(18-3)6-8(11)2/h6-7,14H,5H2,1-4H3,(H,13,15). The molecule has 1 aromatic carbocycles. The Morgan fingerprint density at radius 2 is 1.76 bits per heavy atom. The van der Waals surface area contributed by atoms with Gasteiger partial charge in [-0.05, 0) is 25.5 Å². The van der Waals surface area contributed by atoms with Gasteiger partial charge in [0.25, 0.3) is 10.0 Å². The number of methoxy groups -OCH3 is 2. The monoisotopic (exact) mass is 318 g/mol. The van der Waals surface area contributed by atoms with Crippen LogP contribution in [-0.2, 0) is 14.8 Å². The van der Waals surface area contributed by atoms with Gasteiger partial charge in [-0.25, -0.2) is 18.6 Å². The fourth-order valence-corrected chi connectivity index (χ4v) is 2.66. The van der Waals surface area contributed by atoms with Crippen LogP contribution in [0, 0.1) is 6.92 Å². The lowest BCUT2D eigenvalue weighted by Gasteiger charge is -2.14. The Bertz CT molecular complexity index is 614. The molecule has 0 aliphatic carbocycles. The highest BCUT2D eigenvalue weighted by molar-refractivity contribution is 7.89. The third kappa shape index (κ3) is 4.23. The van der Waals surface area contributed by atoms with E-state index in [0.29, 0.717) is 11.3 Å². The molecule has 21 heavy (non-hydrogen) atoms. The zero-order valence-electron chi connectivity index (χ0n) is 12.2. The molecule has 1 rings (SSSR count). The van der Waals surface area contributed by atoms with Crippen LogP contribution in [0.5, 0.6) is 11.5 Å². The molecular weight excluding hydrogens is 300 g/mol. The van der Waals surface area contributed by atoms with Crippen LogP contribution in [0.15, 0.2) is 17.0 Å². The third-order valence-corrected chi connectivity index (χ3v) is 3.92. The first-order valence-corrected chi connectivity index (χ1v) is 7.51. The number of benzene rings is 1. The average molecular weight is 318 g/mol. The Morgan fingerprint density at radius 3 is 2.29 bits per heavy atom. The Balaban J connectivity index is 3.05. The molecule has 0 aliphatic heterocycles. The number of rotatable bonds is 6. The molecule has 1 amide bonds. The van der Waals surface area contributed by atoms with E-state index < -0.39 is 16.1 Å². The zero-order valence-corrected chi connectivity index (χ0v) is 13.0. The van der Waals surface area contributed by atoms with Crippen molar-refractivity contribution in [2.45, 2.75) is 18.7 Å². The van der Waals surface area contributed by atoms with Crippen LogP contribution >= 0.6 is 0 Å². The first kappa shape index (κ1) is 17.1. The number of hydrogen-bond acceptors (Lipinski definition) is 6. The summed E-state index contributed by atoms with van der Waals surface area (Å²) in [4.78, 5) is 13.0. The van der Waals surface area contributed by atoms with Crippen molar-refractivity contribution < 1.29 is 27.4 Å². The predicted octanol–water partition coefficient (Wildman–Crippen LogP) is 0.952. The van der Waals surface area contributed by atoms with Gasteiger partial charge in [0.15, 0.2) is 11.5 Å². The quantitative estimate of drug-likeness (QED) is 0.757. The van der Waals surface area contributed by atoms with Gasteiger partial charge in [0.05, 0.1) is 25.7 Å². The molecule has 0 spiro atoms. The first-order valence-electron chi connectivity index (χ1n) is 6.03. The Labute approximate surface area is 123 Å². The number of sulfonamides is 1. The second kappa shape index (κ2) is 7.14. The topological polar surface area (TPSA) is 103 Å². The molecule has 0 unspecified atom stereocenters. The highest BCUT2D eigenvalue weighted by Crippen LogP contribution is 2.32. The maximum Gasteiger partial charge on any atom is 0.422 e. The van der Waals surface area contributed by atoms with Crippen molar-refractivity contribution in [1.29, 1.82) is 0 Å². The number of hydrazine groups is 1. The van der Waals surface area contributed by atoms with E-state index in [4.69, 9.17) is 9.47 Å². The molecule has 1 aromatic rings. The van der Waals surface area contributed by atoms with Crippen LogP contribution in [0.3, 0.4) is 0 Å². The van der Waals surface area contributed by atoms with Crippen LogP contribution in [0.2, 0.25) is 0 Å². The summed E-state index contributed by atoms with van der Waals surface area (Å²) in [5.41, 5.74) is 2.38. The fourth-order valence-electron chi connectivity index (χ4n) is 1.58. The minimum atomic E-state index is -3.96. The maximum absolute atomic E-state index is 12.2. The molecule has 0 atom stereocenters. The smallest absolute Gasteiger partial charge is 0.422 e. The van der Waals surface area contributed by atoms with Gasteiger partial charge in [0.1, 0.15) is 0 Å². The van der Waals surface area contributed by atoms with Crippen LogP contribution in [0.25, 0.3) is 0 Å². The SMILES string of the molecule is CCOC(=O)NNS(=O)(=O)c1cc(OC)c(OC)cc1C. The van der Waals surface area contributed by atoms with E-state index in [1.165, 1.54) is 26.4 Å². The van der Waals surface area contributed by atoms with E-state index in [2.05, 4.69) is 4.74 Å². The van der Waals surface area contributed by atoms with E-state index in [-0.39, 0.29) is 17.3 Å². The van der Waals surface area contributed by atoms with Gasteiger partial charge in [-0.2, -0.15) is 0 Å². The lowest BCUT2D eigenvalue weighted by Crippen LogP contribution is -2.42. The van der Waals surface area contributed by atoms with E-state index in [1.807, 2.05) is 10.3 Å². The van der Waals surface area contributed by atoms with E-state index in [0.717, 1.165) is 0 Å². The van der Waals surface area contributed by atoms with Crippen molar-refractivity contribution in [3.63, 3.8) is 0 Å². The summed E-state index contributed by atoms with van der Waals surface area (Å²) in [5, 5.41) is 0. The molecule has 0 aliphatic rings. The molecule has 118 valence electrons. The molecule has 8 nitrogen and oxygen atoms in total. The van der Waals surface area contributed by atoms with Crippen molar-refractivity contribution in [2.75, 3.05) is 20.8 Å². The number of ether oxygens (including phenoxy) is 3. The first-order chi connectivity index (χ1) is 9.85. The van der Waals surface area contributed by atoms with Crippen LogP contribution < -0.4 is 19.7 Å². The Kier molecular flexibility index (Phi) is 5.79. The van der Waals surface area contributed by atoms with E-state index >= 15 is 0 Å². The molecule has 2 N–H and O–H groups in total. The van der Waals surface area contributed by atoms with E-state index in [9.17, 15) is 13.2 Å². The minimum Gasteiger partial charge on any atom is -0.493 e. The van der Waals surface area contributed by atoms with Crippen molar-refractivity contribution >= 4 is 16.1 Å². The normalized spacial score (nSPS) is 10.9. The highest BCUT2D eigenvalue weighted by atomic mass is 32.2. The lowest BCUT2D eigenvalue weighted by atomic mass is 10.2. The third-order valence-electron chi connectivity index (χ3n) is 2.53. The number of amides is 1. The summed E-state index contributed by atoms with van der Waals surface area (Å²) in [5.74, 6) is 0.673. The number of carbonyl (C=O) groups is 1. The molecule has 0 fully saturated rings. The molecule has 0 saturated heterocycles. The van der Waals surface area contributed by atoms with Crippen molar-refractivity contribution in [3.8, 4) is 11.5 Å². The zero-order chi connectivity index (χ0) is 16.0. The fraction of sp³-hybridized carbons (Fsp3) is 0.417. The van der Waals surface area contributed by atoms with Gasteiger partial charge in [-0.3, -0.25) is 0 Å². The molecule has 9 heteroatoms. The number of nitrogens with one attached hydrogen (secondary N) is 2. The molecule has 0 aromatic heterocycles. The number of carbonyl (C=O) groups excluding carboxylic acids is 1. The minimum absolute atomic E-state index is 0.0445. The summed E-state index contributed by atoms with van der Waals surface area (Å²) >= 11 is 0. The summed E-state index contributed by atoms with van der Waals surface area (Å²) in [6.45, 7) is 3.33. The van der Waals surface area contributed by atoms with Crippen molar-refractivity contribution in [2.24, 2.45) is 0 Å². The molecular formula is C12H18N2O6S. The molecule has 0 bridgehead atoms. The van der Waals surface area contributed by atoms with Gasteiger partial charge in [0.2, 0.25) is 0 Å². The van der Waals surface area contributed by atoms with Gasteiger partial charge in [0, 0.05) is 6.07 Å². The van der Waals surface area contributed by atoms with Crippen LogP contribution in [0.4, 0.5) is 4.79 Å². The number of hydrogen-bond donors (Lipinski definition) is 2. The predicted molar refractivity (Wildman–Crippen MR) is 74.8 cm³/mol. The molecule has 0 radical (unpaired) electrons. The lowest BCUT2D eigenvalue weighted by molar-refractivity contribution is 0.150. The van der Waals surface area contributed by atoms with Crippen molar-refractivity contribution in [1.82, 2.24) is 10.3 Å². The second-order valence-corrected chi connectivity index (χ2v) is 5.57. The van der Waals surface area contributed by atoms with Gasteiger partial charge in [-0.15, -0.1) is 4.83 Å². The van der Waals surface area contributed by atoms with Crippen LogP contribution in [-0.4, -0.2) is 35.3 Å². The van der Waals surface area contributed by atoms with Gasteiger partial charge >= 0.3 is 6.09 Å². The highest BCUT2D eigenvalue weighted by Gasteiger charge is 2.21. The summed E-state index contributed by atoms with van der Waals surface area (Å²) < 4.78 is 39.0. The largest absolute Gasteiger partial charge is 0.493 e. The summed E-state index contributed by atoms with van der Waals surface area (Å²) in [6.07, 6.45) is -0.890. The molecule has 0 heterocycles. The Morgan fingerprint density at radius 1 is 1.19 bits per heavy atom. The number of aryl methyl sites for hydroxylation is 1. The van der Waals surface area contributed by atoms with E-state index in [1.54, 1.807) is 13.8 Å². The maximum atomic E-state index is 12.2. The van der Waals surface area contributed by atoms with Crippen molar-refractivity contribution in [3.05, 3.63) is 17.7 Å². The Hall–Kier alpha value is -2.00. The average Bonchev–Trinajstić information content (AvgIpc) is 2.45. The summed E-state index contributed by atoms with van der Waals surface area (Å²) in [6, 6.07) is 2.83. The van der Waals surface area contributed by atoms with Crippen LogP contribution in [0.1, 0.15) is 12.5 Å². The summed E-state index contributed by atoms with van der Waals surface area (Å²) in [7, 11) is -1.11. The molecule has 0 saturated carbocycles. The van der Waals surface area contributed by atoms with Gasteiger partial charge < -0.3 is 14.2 Å².